The van der Waals surface area contributed by atoms with Gasteiger partial charge in [-0.1, -0.05) is 0 Å². The molecule has 2 aliphatic rings. The van der Waals surface area contributed by atoms with Crippen LogP contribution in [0.3, 0.4) is 0 Å². The number of rotatable bonds is 1. The predicted octanol–water partition coefficient (Wildman–Crippen LogP) is 1.20. The van der Waals surface area contributed by atoms with Crippen LogP contribution < -0.4 is 5.32 Å². The molecule has 2 aliphatic heterocycles. The van der Waals surface area contributed by atoms with Gasteiger partial charge in [-0.2, -0.15) is 0 Å². The standard InChI is InChI=1S/C15H15FN2O3/c1-7-5-9-10(13(16)8(7)2)6-18(15(9)21)11-3-4-12(19)17-14(11)20/h5,11H,3-4,6H2,1-2H3,(H,17,19,20). The number of aryl methyl sites for hydroxylation is 1. The fourth-order valence-corrected chi connectivity index (χ4v) is 2.90. The topological polar surface area (TPSA) is 66.5 Å². The Balaban J connectivity index is 1.96. The van der Waals surface area contributed by atoms with Gasteiger partial charge in [0.15, 0.2) is 0 Å². The number of halogens is 1. The van der Waals surface area contributed by atoms with Crippen molar-refractivity contribution >= 4 is 17.7 Å². The van der Waals surface area contributed by atoms with Crippen molar-refractivity contribution in [3.8, 4) is 0 Å². The third-order valence-corrected chi connectivity index (χ3v) is 4.28. The second-order valence-corrected chi connectivity index (χ2v) is 5.56. The zero-order valence-corrected chi connectivity index (χ0v) is 11.8. The first kappa shape index (κ1) is 13.7. The lowest BCUT2D eigenvalue weighted by molar-refractivity contribution is -0.136. The van der Waals surface area contributed by atoms with Crippen molar-refractivity contribution in [2.24, 2.45) is 0 Å². The molecule has 0 saturated carbocycles. The van der Waals surface area contributed by atoms with E-state index in [-0.39, 0.29) is 37.0 Å². The molecule has 2 heterocycles. The van der Waals surface area contributed by atoms with E-state index >= 15 is 0 Å². The molecular weight excluding hydrogens is 275 g/mol. The van der Waals surface area contributed by atoms with Crippen LogP contribution in [0.15, 0.2) is 6.07 Å². The van der Waals surface area contributed by atoms with Crippen LogP contribution in [0, 0.1) is 19.7 Å². The Bertz CT molecular complexity index is 684. The summed E-state index contributed by atoms with van der Waals surface area (Å²) >= 11 is 0. The molecule has 1 aromatic rings. The molecule has 5 nitrogen and oxygen atoms in total. The minimum absolute atomic E-state index is 0.0768. The molecule has 0 radical (unpaired) electrons. The van der Waals surface area contributed by atoms with Gasteiger partial charge in [0, 0.05) is 17.5 Å². The van der Waals surface area contributed by atoms with Crippen LogP contribution in [0.2, 0.25) is 0 Å². The lowest BCUT2D eigenvalue weighted by atomic mass is 10.0. The fourth-order valence-electron chi connectivity index (χ4n) is 2.90. The van der Waals surface area contributed by atoms with Crippen molar-refractivity contribution in [3.63, 3.8) is 0 Å². The molecular formula is C15H15FN2O3. The summed E-state index contributed by atoms with van der Waals surface area (Å²) in [6, 6.07) is 0.963. The van der Waals surface area contributed by atoms with Crippen LogP contribution in [0.5, 0.6) is 0 Å². The number of carbonyl (C=O) groups is 3. The number of imide groups is 1. The van der Waals surface area contributed by atoms with E-state index in [2.05, 4.69) is 5.32 Å². The molecule has 1 fully saturated rings. The van der Waals surface area contributed by atoms with Crippen molar-refractivity contribution in [2.75, 3.05) is 0 Å². The van der Waals surface area contributed by atoms with E-state index in [1.54, 1.807) is 19.9 Å². The second-order valence-electron chi connectivity index (χ2n) is 5.56. The quantitative estimate of drug-likeness (QED) is 0.790. The molecule has 0 bridgehead atoms. The maximum Gasteiger partial charge on any atom is 0.255 e. The smallest absolute Gasteiger partial charge is 0.255 e. The first-order valence-corrected chi connectivity index (χ1v) is 6.83. The largest absolute Gasteiger partial charge is 0.322 e. The average Bonchev–Trinajstić information content (AvgIpc) is 2.74. The number of nitrogens with one attached hydrogen (secondary N) is 1. The van der Waals surface area contributed by atoms with Gasteiger partial charge in [-0.3, -0.25) is 19.7 Å². The number of fused-ring (bicyclic) bond motifs is 1. The SMILES string of the molecule is Cc1cc2c(c(F)c1C)CN(C1CCC(=O)NC1=O)C2=O. The molecule has 110 valence electrons. The monoisotopic (exact) mass is 290 g/mol. The van der Waals surface area contributed by atoms with Crippen molar-refractivity contribution in [1.29, 1.82) is 0 Å². The van der Waals surface area contributed by atoms with E-state index in [1.807, 2.05) is 0 Å². The van der Waals surface area contributed by atoms with Gasteiger partial charge in [-0.25, -0.2) is 4.39 Å². The normalized spacial score (nSPS) is 21.6. The Morgan fingerprint density at radius 2 is 2.00 bits per heavy atom. The molecule has 3 amide bonds. The molecule has 0 spiro atoms. The Morgan fingerprint density at radius 3 is 2.67 bits per heavy atom. The summed E-state index contributed by atoms with van der Waals surface area (Å²) in [5, 5.41) is 2.23. The van der Waals surface area contributed by atoms with Gasteiger partial charge in [0.2, 0.25) is 11.8 Å². The first-order valence-electron chi connectivity index (χ1n) is 6.83. The van der Waals surface area contributed by atoms with Crippen molar-refractivity contribution < 1.29 is 18.8 Å². The van der Waals surface area contributed by atoms with E-state index in [1.165, 1.54) is 4.90 Å². The number of hydrogen-bond acceptors (Lipinski definition) is 3. The Kier molecular flexibility index (Phi) is 3.04. The van der Waals surface area contributed by atoms with E-state index in [4.69, 9.17) is 0 Å². The minimum Gasteiger partial charge on any atom is -0.322 e. The van der Waals surface area contributed by atoms with E-state index in [0.29, 0.717) is 22.3 Å². The molecule has 21 heavy (non-hydrogen) atoms. The number of carbonyl (C=O) groups excluding carboxylic acids is 3. The highest BCUT2D eigenvalue weighted by Gasteiger charge is 2.40. The molecule has 1 atom stereocenters. The van der Waals surface area contributed by atoms with Crippen molar-refractivity contribution in [3.05, 3.63) is 34.1 Å². The Morgan fingerprint density at radius 1 is 1.29 bits per heavy atom. The summed E-state index contributed by atoms with van der Waals surface area (Å²) in [7, 11) is 0. The van der Waals surface area contributed by atoms with Gasteiger partial charge in [0.25, 0.3) is 5.91 Å². The Hall–Kier alpha value is -2.24. The first-order chi connectivity index (χ1) is 9.90. The zero-order valence-electron chi connectivity index (χ0n) is 11.8. The number of piperidine rings is 1. The summed E-state index contributed by atoms with van der Waals surface area (Å²) in [6.45, 7) is 3.50. The zero-order chi connectivity index (χ0) is 15.3. The lowest BCUT2D eigenvalue weighted by Crippen LogP contribution is -2.52. The molecule has 0 aromatic heterocycles. The van der Waals surface area contributed by atoms with Crippen LogP contribution in [0.25, 0.3) is 0 Å². The maximum absolute atomic E-state index is 14.3. The number of hydrogen-bond donors (Lipinski definition) is 1. The molecule has 6 heteroatoms. The van der Waals surface area contributed by atoms with E-state index < -0.39 is 11.9 Å². The van der Waals surface area contributed by atoms with Crippen LogP contribution in [0.1, 0.15) is 39.9 Å². The van der Waals surface area contributed by atoms with E-state index in [0.717, 1.165) is 0 Å². The van der Waals surface area contributed by atoms with Crippen LogP contribution in [-0.2, 0) is 16.1 Å². The van der Waals surface area contributed by atoms with Gasteiger partial charge in [0.05, 0.1) is 6.54 Å². The van der Waals surface area contributed by atoms with Gasteiger partial charge in [-0.05, 0) is 37.5 Å². The molecule has 1 unspecified atom stereocenters. The third kappa shape index (κ3) is 2.02. The Labute approximate surface area is 121 Å². The highest BCUT2D eigenvalue weighted by Crippen LogP contribution is 2.31. The molecule has 1 N–H and O–H groups in total. The molecule has 1 aromatic carbocycles. The van der Waals surface area contributed by atoms with Crippen molar-refractivity contribution in [1.82, 2.24) is 10.2 Å². The number of nitrogens with zero attached hydrogens (tertiary/aromatic N) is 1. The van der Waals surface area contributed by atoms with Crippen LogP contribution >= 0.6 is 0 Å². The predicted molar refractivity (Wildman–Crippen MR) is 71.9 cm³/mol. The molecule has 1 saturated heterocycles. The molecule has 0 aliphatic carbocycles. The fraction of sp³-hybridized carbons (Fsp3) is 0.400. The summed E-state index contributed by atoms with van der Waals surface area (Å²) in [5.41, 5.74) is 1.89. The van der Waals surface area contributed by atoms with Crippen LogP contribution in [0.4, 0.5) is 4.39 Å². The maximum atomic E-state index is 14.3. The summed E-state index contributed by atoms with van der Waals surface area (Å²) in [4.78, 5) is 36.9. The highest BCUT2D eigenvalue weighted by atomic mass is 19.1. The molecule has 3 rings (SSSR count). The van der Waals surface area contributed by atoms with Crippen molar-refractivity contribution in [2.45, 2.75) is 39.3 Å². The van der Waals surface area contributed by atoms with Gasteiger partial charge in [0.1, 0.15) is 11.9 Å². The summed E-state index contributed by atoms with van der Waals surface area (Å²) < 4.78 is 14.3. The third-order valence-electron chi connectivity index (χ3n) is 4.28. The minimum atomic E-state index is -0.706. The van der Waals surface area contributed by atoms with Crippen LogP contribution in [-0.4, -0.2) is 28.7 Å². The lowest BCUT2D eigenvalue weighted by Gasteiger charge is -2.29. The average molecular weight is 290 g/mol. The second kappa shape index (κ2) is 4.65. The van der Waals surface area contributed by atoms with Gasteiger partial charge in [-0.15, -0.1) is 0 Å². The summed E-state index contributed by atoms with van der Waals surface area (Å²) in [6.07, 6.45) is 0.473. The highest BCUT2D eigenvalue weighted by molar-refractivity contribution is 6.05. The van der Waals surface area contributed by atoms with Gasteiger partial charge < -0.3 is 4.90 Å². The van der Waals surface area contributed by atoms with E-state index in [9.17, 15) is 18.8 Å². The summed E-state index contributed by atoms with van der Waals surface area (Å²) in [5.74, 6) is -1.55. The number of amides is 3. The number of benzene rings is 1. The van der Waals surface area contributed by atoms with Gasteiger partial charge >= 0.3 is 0 Å².